The molecule has 0 unspecified atom stereocenters. The molecular formula is C31H30Cl2N2O8S. The van der Waals surface area contributed by atoms with Gasteiger partial charge in [0.25, 0.3) is 5.19 Å². The second-order valence-corrected chi connectivity index (χ2v) is 13.1. The minimum atomic E-state index is -0.452. The van der Waals surface area contributed by atoms with Gasteiger partial charge in [-0.3, -0.25) is 0 Å². The average Bonchev–Trinajstić information content (AvgIpc) is 3.29. The molecule has 0 spiro atoms. The monoisotopic (exact) mass is 660 g/mol. The Bertz CT molecular complexity index is 1680. The quantitative estimate of drug-likeness (QED) is 0.168. The first kappa shape index (κ1) is 29.8. The molecule has 0 radical (unpaired) electrons. The van der Waals surface area contributed by atoms with Crippen molar-refractivity contribution in [1.82, 2.24) is 10.1 Å². The van der Waals surface area contributed by atoms with Crippen LogP contribution in [0.2, 0.25) is 10.0 Å². The molecule has 2 aromatic heterocycles. The highest BCUT2D eigenvalue weighted by Gasteiger charge is 2.50. The van der Waals surface area contributed by atoms with Crippen molar-refractivity contribution < 1.29 is 37.7 Å². The van der Waals surface area contributed by atoms with Crippen LogP contribution in [0.25, 0.3) is 21.5 Å². The SMILES string of the molecule is COC(=O)c1cc(OC(C)C)c2nc(O[C@H]3CO[C@H]4[C@@H]3OC[C@@H]4OCc3c(-c4c(Cl)cccc4Cl)noc3C3CC3)sc2c1. The van der Waals surface area contributed by atoms with Crippen LogP contribution in [0.15, 0.2) is 34.9 Å². The van der Waals surface area contributed by atoms with Crippen LogP contribution in [-0.2, 0) is 25.6 Å². The Morgan fingerprint density at radius 1 is 1.09 bits per heavy atom. The van der Waals surface area contributed by atoms with Crippen molar-refractivity contribution in [2.45, 2.75) is 69.7 Å². The van der Waals surface area contributed by atoms with E-state index < -0.39 is 5.97 Å². The lowest BCUT2D eigenvalue weighted by Gasteiger charge is -2.17. The van der Waals surface area contributed by atoms with E-state index in [2.05, 4.69) is 10.1 Å². The second-order valence-electron chi connectivity index (χ2n) is 11.3. The number of esters is 1. The van der Waals surface area contributed by atoms with Crippen molar-refractivity contribution in [2.75, 3.05) is 20.3 Å². The molecule has 0 N–H and O–H groups in total. The molecule has 4 heterocycles. The summed E-state index contributed by atoms with van der Waals surface area (Å²) in [5, 5.41) is 5.78. The van der Waals surface area contributed by atoms with Crippen molar-refractivity contribution in [3.05, 3.63) is 57.3 Å². The molecule has 2 aliphatic heterocycles. The zero-order chi connectivity index (χ0) is 30.5. The van der Waals surface area contributed by atoms with Gasteiger partial charge in [0, 0.05) is 17.0 Å². The minimum absolute atomic E-state index is 0.110. The van der Waals surface area contributed by atoms with Crippen LogP contribution in [-0.4, -0.2) is 67.0 Å². The Labute approximate surface area is 267 Å². The summed E-state index contributed by atoms with van der Waals surface area (Å²) in [6, 6.07) is 8.73. The summed E-state index contributed by atoms with van der Waals surface area (Å²) in [5.41, 5.74) is 3.07. The van der Waals surface area contributed by atoms with Crippen molar-refractivity contribution in [1.29, 1.82) is 0 Å². The number of methoxy groups -OCH3 is 1. The van der Waals surface area contributed by atoms with Crippen molar-refractivity contribution in [2.24, 2.45) is 0 Å². The molecule has 7 rings (SSSR count). The number of rotatable bonds is 10. The van der Waals surface area contributed by atoms with Gasteiger partial charge in [0.05, 0.1) is 53.3 Å². The number of thiazole rings is 1. The van der Waals surface area contributed by atoms with Crippen LogP contribution < -0.4 is 9.47 Å². The first-order valence-corrected chi connectivity index (χ1v) is 16.0. The van der Waals surface area contributed by atoms with E-state index in [1.165, 1.54) is 18.4 Å². The number of fused-ring (bicyclic) bond motifs is 2. The van der Waals surface area contributed by atoms with E-state index in [0.717, 1.165) is 28.9 Å². The molecule has 1 saturated carbocycles. The molecule has 3 fully saturated rings. The van der Waals surface area contributed by atoms with E-state index in [9.17, 15) is 4.79 Å². The third-order valence-electron chi connectivity index (χ3n) is 7.85. The standard InChI is InChI=1S/C31H30Cl2N2O8S/c1-14(2)41-20-9-16(30(36)37-3)10-23-26(20)34-31(44-23)42-22-13-40-28-21(12-39-29(22)28)38-11-17-25(35-43-27(17)15-7-8-15)24-18(32)5-4-6-19(24)33/h4-6,9-10,14-15,21-22,28-29H,7-8,11-13H2,1-3H3/t21-,22-,28+,29+/m0/s1. The second kappa shape index (κ2) is 12.1. The summed E-state index contributed by atoms with van der Waals surface area (Å²) in [4.78, 5) is 16.9. The molecule has 44 heavy (non-hydrogen) atoms. The lowest BCUT2D eigenvalue weighted by molar-refractivity contribution is -0.0428. The number of carbonyl (C=O) groups is 1. The lowest BCUT2D eigenvalue weighted by Crippen LogP contribution is -2.35. The maximum Gasteiger partial charge on any atom is 0.338 e. The molecule has 13 heteroatoms. The lowest BCUT2D eigenvalue weighted by atomic mass is 10.0. The first-order chi connectivity index (χ1) is 21.3. The summed E-state index contributed by atoms with van der Waals surface area (Å²) < 4.78 is 42.4. The smallest absolute Gasteiger partial charge is 0.338 e. The number of carbonyl (C=O) groups excluding carboxylic acids is 1. The topological polar surface area (TPSA) is 111 Å². The first-order valence-electron chi connectivity index (χ1n) is 14.4. The highest BCUT2D eigenvalue weighted by atomic mass is 35.5. The molecule has 10 nitrogen and oxygen atoms in total. The summed E-state index contributed by atoms with van der Waals surface area (Å²) in [7, 11) is 1.34. The maximum absolute atomic E-state index is 12.3. The third-order valence-corrected chi connectivity index (χ3v) is 9.37. The van der Waals surface area contributed by atoms with Crippen molar-refractivity contribution >= 4 is 50.7 Å². The number of hydrogen-bond acceptors (Lipinski definition) is 11. The van der Waals surface area contributed by atoms with Crippen LogP contribution in [0.5, 0.6) is 10.9 Å². The molecule has 0 amide bonds. The van der Waals surface area contributed by atoms with E-state index in [1.54, 1.807) is 30.3 Å². The summed E-state index contributed by atoms with van der Waals surface area (Å²) in [6.45, 7) is 4.73. The molecule has 4 atom stereocenters. The number of benzene rings is 2. The van der Waals surface area contributed by atoms with E-state index in [0.29, 0.717) is 62.5 Å². The van der Waals surface area contributed by atoms with Gasteiger partial charge in [0.1, 0.15) is 41.0 Å². The van der Waals surface area contributed by atoms with Gasteiger partial charge in [-0.15, -0.1) is 0 Å². The normalized spacial score (nSPS) is 23.0. The fourth-order valence-corrected chi connectivity index (χ4v) is 7.15. The van der Waals surface area contributed by atoms with E-state index in [1.807, 2.05) is 13.8 Å². The third kappa shape index (κ3) is 5.65. The predicted octanol–water partition coefficient (Wildman–Crippen LogP) is 6.84. The Morgan fingerprint density at radius 3 is 2.52 bits per heavy atom. The van der Waals surface area contributed by atoms with Crippen molar-refractivity contribution in [3.63, 3.8) is 0 Å². The van der Waals surface area contributed by atoms with Crippen LogP contribution in [0.3, 0.4) is 0 Å². The van der Waals surface area contributed by atoms with Gasteiger partial charge in [0.15, 0.2) is 6.10 Å². The van der Waals surface area contributed by atoms with Crippen LogP contribution in [0.1, 0.15) is 54.3 Å². The number of halogens is 2. The zero-order valence-corrected chi connectivity index (χ0v) is 26.5. The van der Waals surface area contributed by atoms with Gasteiger partial charge < -0.3 is 32.9 Å². The molecule has 0 bridgehead atoms. The van der Waals surface area contributed by atoms with Crippen molar-refractivity contribution in [3.8, 4) is 22.2 Å². The van der Waals surface area contributed by atoms with Gasteiger partial charge in [-0.05, 0) is 51.0 Å². The van der Waals surface area contributed by atoms with Gasteiger partial charge >= 0.3 is 5.97 Å². The fourth-order valence-electron chi connectivity index (χ4n) is 5.65. The number of nitrogens with zero attached hydrogens (tertiary/aromatic N) is 2. The van der Waals surface area contributed by atoms with Gasteiger partial charge in [-0.1, -0.05) is 45.8 Å². The van der Waals surface area contributed by atoms with Gasteiger partial charge in [0.2, 0.25) is 0 Å². The maximum atomic E-state index is 12.3. The molecule has 2 aromatic carbocycles. The van der Waals surface area contributed by atoms with E-state index in [-0.39, 0.29) is 37.1 Å². The summed E-state index contributed by atoms with van der Waals surface area (Å²) >= 11 is 14.4. The number of aromatic nitrogens is 2. The van der Waals surface area contributed by atoms with Gasteiger partial charge in [-0.2, -0.15) is 4.98 Å². The van der Waals surface area contributed by atoms with E-state index in [4.69, 9.17) is 56.1 Å². The Morgan fingerprint density at radius 2 is 1.82 bits per heavy atom. The molecule has 232 valence electrons. The highest BCUT2D eigenvalue weighted by molar-refractivity contribution is 7.20. The summed E-state index contributed by atoms with van der Waals surface area (Å²) in [5.74, 6) is 1.17. The molecule has 3 aliphatic rings. The summed E-state index contributed by atoms with van der Waals surface area (Å²) in [6.07, 6.45) is 0.591. The number of hydrogen-bond donors (Lipinski definition) is 0. The van der Waals surface area contributed by atoms with Crippen LogP contribution >= 0.6 is 34.5 Å². The Balaban J connectivity index is 1.06. The van der Waals surface area contributed by atoms with Crippen LogP contribution in [0.4, 0.5) is 0 Å². The minimum Gasteiger partial charge on any atom is -0.489 e. The van der Waals surface area contributed by atoms with Gasteiger partial charge in [-0.25, -0.2) is 4.79 Å². The fraction of sp³-hybridized carbons (Fsp3) is 0.452. The molecule has 2 saturated heterocycles. The highest BCUT2D eigenvalue weighted by Crippen LogP contribution is 2.46. The Hall–Kier alpha value is -2.93. The van der Waals surface area contributed by atoms with E-state index >= 15 is 0 Å². The average molecular weight is 662 g/mol. The molecule has 4 aromatic rings. The predicted molar refractivity (Wildman–Crippen MR) is 163 cm³/mol. The zero-order valence-electron chi connectivity index (χ0n) is 24.2. The molecule has 1 aliphatic carbocycles. The largest absolute Gasteiger partial charge is 0.489 e. The van der Waals surface area contributed by atoms with Crippen LogP contribution in [0, 0.1) is 0 Å². The molecular weight excluding hydrogens is 631 g/mol. The number of ether oxygens (including phenoxy) is 6. The Kier molecular flexibility index (Phi) is 8.19.